The molecule has 0 radical (unpaired) electrons. The van der Waals surface area contributed by atoms with Crippen molar-refractivity contribution in [3.63, 3.8) is 0 Å². The quantitative estimate of drug-likeness (QED) is 0.676. The Labute approximate surface area is 111 Å². The zero-order valence-corrected chi connectivity index (χ0v) is 11.2. The Morgan fingerprint density at radius 2 is 2.28 bits per heavy atom. The van der Waals surface area contributed by atoms with Crippen LogP contribution in [0.2, 0.25) is 0 Å². The molecule has 0 fully saturated rings. The molecule has 1 N–H and O–H groups in total. The van der Waals surface area contributed by atoms with Gasteiger partial charge in [-0.2, -0.15) is 5.26 Å². The molecule has 0 aliphatic heterocycles. The van der Waals surface area contributed by atoms with Gasteiger partial charge in [-0.15, -0.1) is 0 Å². The normalized spacial score (nSPS) is 10.6. The van der Waals surface area contributed by atoms with Gasteiger partial charge >= 0.3 is 5.82 Å². The van der Waals surface area contributed by atoms with E-state index in [0.717, 1.165) is 6.07 Å². The van der Waals surface area contributed by atoms with E-state index in [1.54, 1.807) is 0 Å². The standard InChI is InChI=1S/C10H9BrN4O3/c1-10(2,5-12)14-9(16)6-3-8(15(17)18)13-4-7(6)11/h3-4H,1-2H3,(H,14,16). The van der Waals surface area contributed by atoms with E-state index in [0.29, 0.717) is 4.47 Å². The molecule has 0 saturated heterocycles. The summed E-state index contributed by atoms with van der Waals surface area (Å²) >= 11 is 3.08. The average Bonchev–Trinajstić information content (AvgIpc) is 2.28. The maximum Gasteiger partial charge on any atom is 0.364 e. The molecule has 0 bridgehead atoms. The summed E-state index contributed by atoms with van der Waals surface area (Å²) in [6.45, 7) is 3.04. The highest BCUT2D eigenvalue weighted by Gasteiger charge is 2.24. The van der Waals surface area contributed by atoms with E-state index in [4.69, 9.17) is 5.26 Å². The number of nitro groups is 1. The topological polar surface area (TPSA) is 109 Å². The minimum Gasteiger partial charge on any atom is -0.358 e. The Morgan fingerprint density at radius 3 is 2.78 bits per heavy atom. The molecule has 18 heavy (non-hydrogen) atoms. The minimum absolute atomic E-state index is 0.0556. The lowest BCUT2D eigenvalue weighted by Gasteiger charge is -2.17. The molecular formula is C10H9BrN4O3. The number of nitrogens with zero attached hydrogens (tertiary/aromatic N) is 3. The van der Waals surface area contributed by atoms with E-state index in [2.05, 4.69) is 26.2 Å². The van der Waals surface area contributed by atoms with E-state index in [-0.39, 0.29) is 5.56 Å². The number of carbonyl (C=O) groups excluding carboxylic acids is 1. The van der Waals surface area contributed by atoms with Gasteiger partial charge in [0.15, 0.2) is 6.20 Å². The molecule has 0 aliphatic carbocycles. The van der Waals surface area contributed by atoms with Gasteiger partial charge in [-0.25, -0.2) is 0 Å². The SMILES string of the molecule is CC(C)(C#N)NC(=O)c1cc([N+](=O)[O-])ncc1Br. The predicted octanol–water partition coefficient (Wildman–Crippen LogP) is 1.78. The summed E-state index contributed by atoms with van der Waals surface area (Å²) in [5.74, 6) is -1.02. The molecule has 1 rings (SSSR count). The first-order chi connectivity index (χ1) is 8.26. The van der Waals surface area contributed by atoms with Gasteiger partial charge in [-0.3, -0.25) is 4.79 Å². The van der Waals surface area contributed by atoms with Crippen LogP contribution in [0.1, 0.15) is 24.2 Å². The van der Waals surface area contributed by atoms with Crippen molar-refractivity contribution in [2.45, 2.75) is 19.4 Å². The van der Waals surface area contributed by atoms with Crippen molar-refractivity contribution in [1.29, 1.82) is 5.26 Å². The second kappa shape index (κ2) is 5.10. The lowest BCUT2D eigenvalue weighted by molar-refractivity contribution is -0.389. The summed E-state index contributed by atoms with van der Waals surface area (Å²) in [5.41, 5.74) is -1.01. The minimum atomic E-state index is -1.06. The Balaban J connectivity index is 3.10. The first-order valence-electron chi connectivity index (χ1n) is 4.80. The Hall–Kier alpha value is -2.01. The van der Waals surface area contributed by atoms with Crippen LogP contribution in [0.15, 0.2) is 16.7 Å². The maximum absolute atomic E-state index is 11.9. The molecule has 1 aromatic heterocycles. The van der Waals surface area contributed by atoms with Crippen molar-refractivity contribution in [3.05, 3.63) is 32.4 Å². The van der Waals surface area contributed by atoms with Gasteiger partial charge in [-0.05, 0) is 39.7 Å². The van der Waals surface area contributed by atoms with Gasteiger partial charge in [0.2, 0.25) is 0 Å². The van der Waals surface area contributed by atoms with Gasteiger partial charge in [0.05, 0.1) is 16.1 Å². The number of aromatic nitrogens is 1. The van der Waals surface area contributed by atoms with Gasteiger partial charge in [0, 0.05) is 6.07 Å². The number of hydrogen-bond donors (Lipinski definition) is 1. The van der Waals surface area contributed by atoms with Gasteiger partial charge < -0.3 is 15.4 Å². The lowest BCUT2D eigenvalue weighted by atomic mass is 10.1. The van der Waals surface area contributed by atoms with E-state index in [1.165, 1.54) is 20.0 Å². The molecule has 94 valence electrons. The lowest BCUT2D eigenvalue weighted by Crippen LogP contribution is -2.42. The van der Waals surface area contributed by atoms with Gasteiger partial charge in [0.1, 0.15) is 5.54 Å². The fourth-order valence-corrected chi connectivity index (χ4v) is 1.48. The summed E-state index contributed by atoms with van der Waals surface area (Å²) in [4.78, 5) is 25.3. The second-order valence-electron chi connectivity index (χ2n) is 3.97. The highest BCUT2D eigenvalue weighted by Crippen LogP contribution is 2.20. The summed E-state index contributed by atoms with van der Waals surface area (Å²) in [6.07, 6.45) is 1.17. The Kier molecular flexibility index (Phi) is 3.98. The molecule has 0 saturated carbocycles. The van der Waals surface area contributed by atoms with Crippen LogP contribution in [0.3, 0.4) is 0 Å². The molecule has 0 unspecified atom stereocenters. The van der Waals surface area contributed by atoms with Crippen LogP contribution in [0.4, 0.5) is 5.82 Å². The predicted molar refractivity (Wildman–Crippen MR) is 65.7 cm³/mol. The van der Waals surface area contributed by atoms with Crippen LogP contribution in [-0.2, 0) is 0 Å². The zero-order valence-electron chi connectivity index (χ0n) is 9.60. The molecule has 0 spiro atoms. The highest BCUT2D eigenvalue weighted by molar-refractivity contribution is 9.10. The maximum atomic E-state index is 11.9. The largest absolute Gasteiger partial charge is 0.364 e. The average molecular weight is 313 g/mol. The van der Waals surface area contributed by atoms with E-state index in [1.807, 2.05) is 6.07 Å². The first kappa shape index (κ1) is 14.1. The smallest absolute Gasteiger partial charge is 0.358 e. The van der Waals surface area contributed by atoms with Crippen molar-refractivity contribution < 1.29 is 9.72 Å². The molecule has 7 nitrogen and oxygen atoms in total. The number of nitrogens with one attached hydrogen (secondary N) is 1. The number of rotatable bonds is 3. The third kappa shape index (κ3) is 3.24. The van der Waals surface area contributed by atoms with Gasteiger partial charge in [-0.1, -0.05) is 0 Å². The van der Waals surface area contributed by atoms with Crippen molar-refractivity contribution >= 4 is 27.7 Å². The number of hydrogen-bond acceptors (Lipinski definition) is 5. The third-order valence-corrected chi connectivity index (χ3v) is 2.61. The monoisotopic (exact) mass is 312 g/mol. The Bertz CT molecular complexity index is 551. The molecule has 1 amide bonds. The van der Waals surface area contributed by atoms with Gasteiger partial charge in [0.25, 0.3) is 5.91 Å². The van der Waals surface area contributed by atoms with E-state index >= 15 is 0 Å². The van der Waals surface area contributed by atoms with Crippen LogP contribution in [-0.4, -0.2) is 21.4 Å². The fourth-order valence-electron chi connectivity index (χ4n) is 1.08. The number of halogens is 1. The fraction of sp³-hybridized carbons (Fsp3) is 0.300. The number of nitriles is 1. The summed E-state index contributed by atoms with van der Waals surface area (Å²) < 4.78 is 0.319. The number of amides is 1. The van der Waals surface area contributed by atoms with Crippen molar-refractivity contribution in [3.8, 4) is 6.07 Å². The molecule has 0 atom stereocenters. The van der Waals surface area contributed by atoms with Crippen LogP contribution < -0.4 is 5.32 Å². The number of pyridine rings is 1. The summed E-state index contributed by atoms with van der Waals surface area (Å²) in [6, 6.07) is 2.95. The first-order valence-corrected chi connectivity index (χ1v) is 5.60. The van der Waals surface area contributed by atoms with E-state index < -0.39 is 22.2 Å². The second-order valence-corrected chi connectivity index (χ2v) is 4.82. The molecule has 8 heteroatoms. The van der Waals surface area contributed by atoms with Crippen LogP contribution in [0.25, 0.3) is 0 Å². The molecule has 1 heterocycles. The number of carbonyl (C=O) groups is 1. The molecular weight excluding hydrogens is 304 g/mol. The van der Waals surface area contributed by atoms with Crippen molar-refractivity contribution in [2.24, 2.45) is 0 Å². The molecule has 1 aromatic rings. The van der Waals surface area contributed by atoms with Crippen LogP contribution >= 0.6 is 15.9 Å². The third-order valence-electron chi connectivity index (χ3n) is 1.98. The Morgan fingerprint density at radius 1 is 1.67 bits per heavy atom. The zero-order chi connectivity index (χ0) is 13.9. The van der Waals surface area contributed by atoms with Crippen LogP contribution in [0.5, 0.6) is 0 Å². The summed E-state index contributed by atoms with van der Waals surface area (Å²) in [5, 5.41) is 21.8. The van der Waals surface area contributed by atoms with Crippen molar-refractivity contribution in [2.75, 3.05) is 0 Å². The highest BCUT2D eigenvalue weighted by atomic mass is 79.9. The summed E-state index contributed by atoms with van der Waals surface area (Å²) in [7, 11) is 0. The van der Waals surface area contributed by atoms with Crippen LogP contribution in [0, 0.1) is 21.4 Å². The molecule has 0 aromatic carbocycles. The van der Waals surface area contributed by atoms with Crippen molar-refractivity contribution in [1.82, 2.24) is 10.3 Å². The molecule has 0 aliphatic rings. The van der Waals surface area contributed by atoms with E-state index in [9.17, 15) is 14.9 Å².